The van der Waals surface area contributed by atoms with Crippen molar-refractivity contribution in [2.45, 2.75) is 92.6 Å². The summed E-state index contributed by atoms with van der Waals surface area (Å²) < 4.78 is 6.26. The number of ether oxygens (including phenoxy) is 1. The third-order valence-corrected chi connectivity index (χ3v) is 8.53. The Kier molecular flexibility index (Phi) is 3.75. The van der Waals surface area contributed by atoms with Gasteiger partial charge in [0, 0.05) is 5.92 Å². The highest BCUT2D eigenvalue weighted by Gasteiger charge is 2.69. The summed E-state index contributed by atoms with van der Waals surface area (Å²) in [5, 5.41) is 0. The summed E-state index contributed by atoms with van der Waals surface area (Å²) in [4.78, 5) is 12.7. The first-order valence-corrected chi connectivity index (χ1v) is 9.73. The molecule has 0 amide bonds. The van der Waals surface area contributed by atoms with Gasteiger partial charge in [0.25, 0.3) is 0 Å². The molecule has 2 nitrogen and oxygen atoms in total. The Morgan fingerprint density at radius 1 is 1.13 bits per heavy atom. The summed E-state index contributed by atoms with van der Waals surface area (Å²) in [5.74, 6) is 2.16. The minimum Gasteiger partial charge on any atom is -0.459 e. The average molecular weight is 321 g/mol. The van der Waals surface area contributed by atoms with E-state index in [1.807, 2.05) is 13.8 Å². The number of esters is 1. The van der Waals surface area contributed by atoms with Crippen LogP contribution in [0.4, 0.5) is 0 Å². The maximum absolute atomic E-state index is 12.7. The van der Waals surface area contributed by atoms with Crippen molar-refractivity contribution in [3.8, 4) is 0 Å². The van der Waals surface area contributed by atoms with Crippen LogP contribution in [0.5, 0.6) is 0 Å². The molecule has 5 atom stereocenters. The molecule has 3 aliphatic carbocycles. The Labute approximate surface area is 142 Å². The lowest BCUT2D eigenvalue weighted by Crippen LogP contribution is -2.49. The van der Waals surface area contributed by atoms with Gasteiger partial charge in [-0.05, 0) is 82.0 Å². The lowest BCUT2D eigenvalue weighted by Gasteiger charge is -2.47. The second-order valence-electron chi connectivity index (χ2n) is 10.3. The zero-order chi connectivity index (χ0) is 17.3. The van der Waals surface area contributed by atoms with Gasteiger partial charge in [-0.25, -0.2) is 0 Å². The molecule has 0 heterocycles. The summed E-state index contributed by atoms with van der Waals surface area (Å²) in [6.07, 6.45) is 7.15. The highest BCUT2D eigenvalue weighted by atomic mass is 16.6. The Morgan fingerprint density at radius 3 is 2.39 bits per heavy atom. The molecule has 2 bridgehead atoms. The molecule has 0 N–H and O–H groups in total. The highest BCUT2D eigenvalue weighted by Crippen LogP contribution is 2.73. The fourth-order valence-corrected chi connectivity index (χ4v) is 6.47. The van der Waals surface area contributed by atoms with E-state index in [9.17, 15) is 4.79 Å². The van der Waals surface area contributed by atoms with Crippen molar-refractivity contribution >= 4 is 5.97 Å². The van der Waals surface area contributed by atoms with Crippen LogP contribution >= 0.6 is 0 Å². The van der Waals surface area contributed by atoms with Crippen LogP contribution in [0.1, 0.15) is 87.0 Å². The van der Waals surface area contributed by atoms with Crippen molar-refractivity contribution < 1.29 is 9.53 Å². The van der Waals surface area contributed by atoms with E-state index in [-0.39, 0.29) is 22.4 Å². The van der Waals surface area contributed by atoms with Gasteiger partial charge in [-0.2, -0.15) is 0 Å². The molecule has 3 aliphatic rings. The number of fused-ring (bicyclic) bond motifs is 1. The Balaban J connectivity index is 1.89. The van der Waals surface area contributed by atoms with E-state index in [1.54, 1.807) is 0 Å². The van der Waals surface area contributed by atoms with Crippen molar-refractivity contribution in [3.63, 3.8) is 0 Å². The van der Waals surface area contributed by atoms with Crippen LogP contribution < -0.4 is 0 Å². The molecule has 0 aromatic carbocycles. The Hall–Kier alpha value is -0.530. The molecule has 23 heavy (non-hydrogen) atoms. The fourth-order valence-electron chi connectivity index (χ4n) is 6.47. The van der Waals surface area contributed by atoms with E-state index in [0.717, 1.165) is 24.7 Å². The lowest BCUT2D eigenvalue weighted by molar-refractivity contribution is -0.184. The normalized spacial score (nSPS) is 44.9. The molecular formula is C21H36O2. The molecule has 0 aliphatic heterocycles. The third kappa shape index (κ3) is 2.23. The van der Waals surface area contributed by atoms with Crippen LogP contribution in [0.25, 0.3) is 0 Å². The maximum Gasteiger partial charge on any atom is 0.312 e. The molecule has 0 saturated heterocycles. The molecule has 3 rings (SSSR count). The molecular weight excluding hydrogens is 284 g/mol. The third-order valence-electron chi connectivity index (χ3n) is 8.53. The smallest absolute Gasteiger partial charge is 0.312 e. The van der Waals surface area contributed by atoms with Gasteiger partial charge in [-0.1, -0.05) is 27.7 Å². The minimum absolute atomic E-state index is 0.000595. The molecule has 1 spiro atoms. The standard InChI is InChI=1S/C21H36O2/c1-8-18(3,4)17(22)23-20(7)11-12-21-13-16(20)19(5,6)15(21)10-9-14(21)2/h14-16H,8-13H2,1-7H3/t14-,15?,16-,20-,21+/m1/s1. The van der Waals surface area contributed by atoms with Crippen LogP contribution in [0.3, 0.4) is 0 Å². The van der Waals surface area contributed by atoms with Gasteiger partial charge in [-0.15, -0.1) is 0 Å². The zero-order valence-corrected chi connectivity index (χ0v) is 16.3. The quantitative estimate of drug-likeness (QED) is 0.633. The van der Waals surface area contributed by atoms with Gasteiger partial charge in [0.15, 0.2) is 0 Å². The van der Waals surface area contributed by atoms with E-state index in [2.05, 4.69) is 34.6 Å². The Morgan fingerprint density at radius 2 is 1.78 bits per heavy atom. The van der Waals surface area contributed by atoms with Crippen LogP contribution in [-0.4, -0.2) is 11.6 Å². The molecule has 3 fully saturated rings. The van der Waals surface area contributed by atoms with Gasteiger partial charge in [0.1, 0.15) is 5.60 Å². The number of carbonyl (C=O) groups is 1. The second kappa shape index (κ2) is 4.99. The monoisotopic (exact) mass is 320 g/mol. The van der Waals surface area contributed by atoms with Gasteiger partial charge in [0.2, 0.25) is 0 Å². The zero-order valence-electron chi connectivity index (χ0n) is 16.3. The molecule has 0 radical (unpaired) electrons. The van der Waals surface area contributed by atoms with E-state index in [4.69, 9.17) is 4.74 Å². The van der Waals surface area contributed by atoms with Crippen molar-refractivity contribution in [1.82, 2.24) is 0 Å². The van der Waals surface area contributed by atoms with E-state index < -0.39 is 0 Å². The van der Waals surface area contributed by atoms with Gasteiger partial charge < -0.3 is 4.74 Å². The molecule has 0 aromatic heterocycles. The first-order valence-electron chi connectivity index (χ1n) is 9.73. The van der Waals surface area contributed by atoms with Gasteiger partial charge >= 0.3 is 5.97 Å². The summed E-state index contributed by atoms with van der Waals surface area (Å²) in [7, 11) is 0. The lowest BCUT2D eigenvalue weighted by atomic mass is 9.64. The predicted octanol–water partition coefficient (Wildman–Crippen LogP) is 5.60. The number of hydrogen-bond acceptors (Lipinski definition) is 2. The summed E-state index contributed by atoms with van der Waals surface area (Å²) in [5.41, 5.74) is 0.166. The van der Waals surface area contributed by atoms with Crippen molar-refractivity contribution in [2.24, 2.45) is 34.0 Å². The van der Waals surface area contributed by atoms with E-state index >= 15 is 0 Å². The van der Waals surface area contributed by atoms with E-state index in [0.29, 0.717) is 11.3 Å². The van der Waals surface area contributed by atoms with Crippen molar-refractivity contribution in [2.75, 3.05) is 0 Å². The van der Waals surface area contributed by atoms with Gasteiger partial charge in [-0.3, -0.25) is 4.79 Å². The summed E-state index contributed by atoms with van der Waals surface area (Å²) in [6.45, 7) is 15.7. The molecule has 2 heteroatoms. The van der Waals surface area contributed by atoms with Crippen molar-refractivity contribution in [1.29, 1.82) is 0 Å². The first kappa shape index (κ1) is 17.3. The van der Waals surface area contributed by atoms with Crippen LogP contribution in [-0.2, 0) is 9.53 Å². The molecule has 1 unspecified atom stereocenters. The molecule has 132 valence electrons. The highest BCUT2D eigenvalue weighted by molar-refractivity contribution is 5.76. The van der Waals surface area contributed by atoms with Gasteiger partial charge in [0.05, 0.1) is 5.41 Å². The predicted molar refractivity (Wildman–Crippen MR) is 94.0 cm³/mol. The number of carbonyl (C=O) groups excluding carboxylic acids is 1. The largest absolute Gasteiger partial charge is 0.459 e. The molecule has 0 aromatic rings. The van der Waals surface area contributed by atoms with E-state index in [1.165, 1.54) is 25.7 Å². The van der Waals surface area contributed by atoms with Crippen molar-refractivity contribution in [3.05, 3.63) is 0 Å². The first-order chi connectivity index (χ1) is 10.5. The Bertz CT molecular complexity index is 506. The van der Waals surface area contributed by atoms with Crippen LogP contribution in [0.2, 0.25) is 0 Å². The summed E-state index contributed by atoms with van der Waals surface area (Å²) >= 11 is 0. The maximum atomic E-state index is 12.7. The summed E-state index contributed by atoms with van der Waals surface area (Å²) in [6, 6.07) is 0. The minimum atomic E-state index is -0.371. The van der Waals surface area contributed by atoms with Crippen LogP contribution in [0.15, 0.2) is 0 Å². The fraction of sp³-hybridized carbons (Fsp3) is 0.952. The average Bonchev–Trinajstić information content (AvgIpc) is 2.89. The number of hydrogen-bond donors (Lipinski definition) is 0. The molecule has 3 saturated carbocycles. The topological polar surface area (TPSA) is 26.3 Å². The SMILES string of the molecule is CCC(C)(C)C(=O)O[C@]1(C)CC[C@@]23C[C@@H]1C(C)(C)C2CC[C@H]3C. The number of rotatable bonds is 3. The van der Waals surface area contributed by atoms with Crippen LogP contribution in [0, 0.1) is 34.0 Å². The second-order valence-corrected chi connectivity index (χ2v) is 10.3.